The molecule has 1 atom stereocenters. The zero-order valence-corrected chi connectivity index (χ0v) is 14.3. The maximum atomic E-state index is 5.18. The summed E-state index contributed by atoms with van der Waals surface area (Å²) in [7, 11) is 0. The lowest BCUT2D eigenvalue weighted by Crippen LogP contribution is -2.43. The number of aryl methyl sites for hydroxylation is 1. The molecule has 7 heteroatoms. The molecule has 0 amide bonds. The van der Waals surface area contributed by atoms with Crippen LogP contribution in [0.2, 0.25) is 0 Å². The SMILES string of the molecule is Cc1cc(CN2CCCC(c3cc(N4CCNCC4)n[nH]3)C2)no1. The van der Waals surface area contributed by atoms with Gasteiger partial charge in [0.25, 0.3) is 0 Å². The van der Waals surface area contributed by atoms with Gasteiger partial charge in [0.15, 0.2) is 5.82 Å². The first-order valence-electron chi connectivity index (χ1n) is 8.93. The number of hydrogen-bond donors (Lipinski definition) is 2. The molecular formula is C17H26N6O. The van der Waals surface area contributed by atoms with Gasteiger partial charge < -0.3 is 14.7 Å². The molecule has 0 saturated carbocycles. The van der Waals surface area contributed by atoms with Gasteiger partial charge in [-0.25, -0.2) is 0 Å². The number of nitrogens with one attached hydrogen (secondary N) is 2. The molecule has 2 aromatic heterocycles. The highest BCUT2D eigenvalue weighted by Crippen LogP contribution is 2.28. The fourth-order valence-corrected chi connectivity index (χ4v) is 3.77. The number of H-pyrrole nitrogens is 1. The number of hydrogen-bond acceptors (Lipinski definition) is 6. The van der Waals surface area contributed by atoms with E-state index in [0.717, 1.165) is 63.1 Å². The topological polar surface area (TPSA) is 73.2 Å². The molecule has 0 spiro atoms. The third kappa shape index (κ3) is 3.47. The van der Waals surface area contributed by atoms with Crippen LogP contribution in [0.1, 0.15) is 35.9 Å². The highest BCUT2D eigenvalue weighted by Gasteiger charge is 2.24. The fraction of sp³-hybridized carbons (Fsp3) is 0.647. The lowest BCUT2D eigenvalue weighted by molar-refractivity contribution is 0.193. The maximum absolute atomic E-state index is 5.18. The van der Waals surface area contributed by atoms with Crippen LogP contribution in [-0.2, 0) is 6.54 Å². The van der Waals surface area contributed by atoms with Crippen molar-refractivity contribution in [3.8, 4) is 0 Å². The first-order valence-corrected chi connectivity index (χ1v) is 8.93. The van der Waals surface area contributed by atoms with Crippen LogP contribution in [0.15, 0.2) is 16.7 Å². The van der Waals surface area contributed by atoms with Crippen LogP contribution in [0.5, 0.6) is 0 Å². The Morgan fingerprint density at radius 1 is 1.25 bits per heavy atom. The summed E-state index contributed by atoms with van der Waals surface area (Å²) in [6.07, 6.45) is 2.43. The summed E-state index contributed by atoms with van der Waals surface area (Å²) in [5, 5.41) is 15.4. The zero-order chi connectivity index (χ0) is 16.4. The summed E-state index contributed by atoms with van der Waals surface area (Å²) in [6, 6.07) is 4.28. The second-order valence-corrected chi connectivity index (χ2v) is 6.92. The van der Waals surface area contributed by atoms with Crippen molar-refractivity contribution in [1.82, 2.24) is 25.6 Å². The van der Waals surface area contributed by atoms with E-state index in [1.54, 1.807) is 0 Å². The van der Waals surface area contributed by atoms with Gasteiger partial charge >= 0.3 is 0 Å². The van der Waals surface area contributed by atoms with Gasteiger partial charge in [0.2, 0.25) is 0 Å². The van der Waals surface area contributed by atoms with Crippen LogP contribution >= 0.6 is 0 Å². The Balaban J connectivity index is 1.39. The van der Waals surface area contributed by atoms with Gasteiger partial charge in [0, 0.05) is 63.0 Å². The number of aromatic nitrogens is 3. The van der Waals surface area contributed by atoms with Gasteiger partial charge in [-0.3, -0.25) is 10.00 Å². The Hall–Kier alpha value is -1.86. The van der Waals surface area contributed by atoms with Crippen molar-refractivity contribution in [2.24, 2.45) is 0 Å². The Labute approximate surface area is 142 Å². The van der Waals surface area contributed by atoms with Crippen molar-refractivity contribution in [2.75, 3.05) is 44.2 Å². The zero-order valence-electron chi connectivity index (χ0n) is 14.3. The molecule has 2 fully saturated rings. The van der Waals surface area contributed by atoms with Crippen LogP contribution in [-0.4, -0.2) is 59.5 Å². The molecule has 7 nitrogen and oxygen atoms in total. The molecule has 2 saturated heterocycles. The van der Waals surface area contributed by atoms with E-state index in [0.29, 0.717) is 5.92 Å². The van der Waals surface area contributed by atoms with Crippen molar-refractivity contribution >= 4 is 5.82 Å². The van der Waals surface area contributed by atoms with Crippen molar-refractivity contribution < 1.29 is 4.52 Å². The number of piperidine rings is 1. The monoisotopic (exact) mass is 330 g/mol. The summed E-state index contributed by atoms with van der Waals surface area (Å²) in [4.78, 5) is 4.83. The molecule has 1 unspecified atom stereocenters. The molecule has 0 bridgehead atoms. The number of anilines is 1. The fourth-order valence-electron chi connectivity index (χ4n) is 3.77. The first-order chi connectivity index (χ1) is 11.8. The number of rotatable bonds is 4. The summed E-state index contributed by atoms with van der Waals surface area (Å²) in [5.41, 5.74) is 2.30. The molecule has 2 aliphatic rings. The smallest absolute Gasteiger partial charge is 0.150 e. The van der Waals surface area contributed by atoms with Crippen LogP contribution in [0.4, 0.5) is 5.82 Å². The van der Waals surface area contributed by atoms with Gasteiger partial charge in [0.1, 0.15) is 5.76 Å². The third-order valence-electron chi connectivity index (χ3n) is 5.03. The summed E-state index contributed by atoms with van der Waals surface area (Å²) < 4.78 is 5.18. The predicted molar refractivity (Wildman–Crippen MR) is 92.2 cm³/mol. The van der Waals surface area contributed by atoms with Crippen LogP contribution < -0.4 is 10.2 Å². The molecule has 2 aliphatic heterocycles. The molecule has 4 heterocycles. The molecule has 4 rings (SSSR count). The third-order valence-corrected chi connectivity index (χ3v) is 5.03. The van der Waals surface area contributed by atoms with E-state index in [-0.39, 0.29) is 0 Å². The molecule has 2 aromatic rings. The molecule has 2 N–H and O–H groups in total. The standard InChI is InChI=1S/C17H26N6O/c1-13-9-15(21-24-13)12-22-6-2-3-14(11-22)16-10-17(20-19-16)23-7-4-18-5-8-23/h9-10,14,18H,2-8,11-12H2,1H3,(H,19,20). The van der Waals surface area contributed by atoms with Gasteiger partial charge in [-0.05, 0) is 26.3 Å². The van der Waals surface area contributed by atoms with Crippen molar-refractivity contribution in [3.05, 3.63) is 29.3 Å². The van der Waals surface area contributed by atoms with Crippen LogP contribution in [0.3, 0.4) is 0 Å². The van der Waals surface area contributed by atoms with Gasteiger partial charge in [-0.15, -0.1) is 0 Å². The molecule has 0 aromatic carbocycles. The minimum absolute atomic E-state index is 0.524. The summed E-state index contributed by atoms with van der Waals surface area (Å²) in [6.45, 7) is 9.13. The van der Waals surface area contributed by atoms with Crippen molar-refractivity contribution in [1.29, 1.82) is 0 Å². The number of nitrogens with zero attached hydrogens (tertiary/aromatic N) is 4. The van der Waals surface area contributed by atoms with E-state index in [4.69, 9.17) is 4.52 Å². The summed E-state index contributed by atoms with van der Waals surface area (Å²) >= 11 is 0. The Kier molecular flexibility index (Phi) is 4.53. The van der Waals surface area contributed by atoms with Gasteiger partial charge in [-0.1, -0.05) is 5.16 Å². The average molecular weight is 330 g/mol. The Morgan fingerprint density at radius 2 is 2.12 bits per heavy atom. The minimum Gasteiger partial charge on any atom is -0.361 e. The Morgan fingerprint density at radius 3 is 2.92 bits per heavy atom. The van der Waals surface area contributed by atoms with E-state index in [1.807, 2.05) is 13.0 Å². The molecular weight excluding hydrogens is 304 g/mol. The van der Waals surface area contributed by atoms with E-state index in [2.05, 4.69) is 36.5 Å². The van der Waals surface area contributed by atoms with E-state index < -0.39 is 0 Å². The van der Waals surface area contributed by atoms with Gasteiger partial charge in [0.05, 0.1) is 5.69 Å². The van der Waals surface area contributed by atoms with E-state index in [9.17, 15) is 0 Å². The number of aromatic amines is 1. The van der Waals surface area contributed by atoms with E-state index in [1.165, 1.54) is 18.5 Å². The average Bonchev–Trinajstić information content (AvgIpc) is 3.25. The number of piperazine rings is 1. The van der Waals surface area contributed by atoms with E-state index >= 15 is 0 Å². The molecule has 0 radical (unpaired) electrons. The van der Waals surface area contributed by atoms with Crippen molar-refractivity contribution in [2.45, 2.75) is 32.2 Å². The van der Waals surface area contributed by atoms with Crippen molar-refractivity contribution in [3.63, 3.8) is 0 Å². The predicted octanol–water partition coefficient (Wildman–Crippen LogP) is 1.50. The molecule has 130 valence electrons. The van der Waals surface area contributed by atoms with Gasteiger partial charge in [-0.2, -0.15) is 5.10 Å². The maximum Gasteiger partial charge on any atom is 0.150 e. The normalized spacial score (nSPS) is 22.9. The second-order valence-electron chi connectivity index (χ2n) is 6.92. The minimum atomic E-state index is 0.524. The van der Waals surface area contributed by atoms with Crippen LogP contribution in [0, 0.1) is 6.92 Å². The molecule has 0 aliphatic carbocycles. The Bertz CT molecular complexity index is 660. The lowest BCUT2D eigenvalue weighted by atomic mass is 9.94. The highest BCUT2D eigenvalue weighted by molar-refractivity contribution is 5.40. The highest BCUT2D eigenvalue weighted by atomic mass is 16.5. The van der Waals surface area contributed by atoms with Crippen LogP contribution in [0.25, 0.3) is 0 Å². The molecule has 24 heavy (non-hydrogen) atoms. The number of likely N-dealkylation sites (tertiary alicyclic amines) is 1. The quantitative estimate of drug-likeness (QED) is 0.885. The first kappa shape index (κ1) is 15.7. The lowest BCUT2D eigenvalue weighted by Gasteiger charge is -2.31. The largest absolute Gasteiger partial charge is 0.361 e. The second kappa shape index (κ2) is 6.94. The summed E-state index contributed by atoms with van der Waals surface area (Å²) in [5.74, 6) is 2.50.